The van der Waals surface area contributed by atoms with Crippen LogP contribution in [0.3, 0.4) is 0 Å². The number of nitrogens with two attached hydrogens (primary N) is 1. The van der Waals surface area contributed by atoms with Gasteiger partial charge in [-0.2, -0.15) is 5.26 Å². The van der Waals surface area contributed by atoms with E-state index in [0.29, 0.717) is 5.56 Å². The molecule has 7 heteroatoms. The molecule has 0 heterocycles. The lowest BCUT2D eigenvalue weighted by atomic mass is 10.1. The Morgan fingerprint density at radius 1 is 1.14 bits per heavy atom. The maximum atomic E-state index is 11.2. The second-order valence-electron chi connectivity index (χ2n) is 4.55. The lowest BCUT2D eigenvalue weighted by Gasteiger charge is -2.14. The highest BCUT2D eigenvalue weighted by atomic mass is 32.2. The van der Waals surface area contributed by atoms with Gasteiger partial charge in [0.15, 0.2) is 0 Å². The number of anilines is 1. The molecule has 0 aliphatic carbocycles. The van der Waals surface area contributed by atoms with Crippen LogP contribution in [-0.2, 0) is 10.0 Å². The van der Waals surface area contributed by atoms with Crippen LogP contribution in [0.5, 0.6) is 0 Å². The number of rotatable bonds is 5. The van der Waals surface area contributed by atoms with E-state index in [4.69, 9.17) is 5.14 Å². The Bertz CT molecular complexity index is 779. The number of sulfonamides is 1. The minimum atomic E-state index is -3.72. The number of primary sulfonamides is 1. The van der Waals surface area contributed by atoms with Crippen molar-refractivity contribution in [1.29, 1.82) is 5.26 Å². The standard InChI is InChI=1S/C15H15N3O2S2/c1-21-13-6-4-12(5-7-13)18-15(10-16)11-2-8-14(9-3-11)22(17,19)20/h2-9,15,18H,1H3,(H2,17,19,20). The van der Waals surface area contributed by atoms with Gasteiger partial charge in [0.2, 0.25) is 10.0 Å². The van der Waals surface area contributed by atoms with E-state index in [0.717, 1.165) is 10.6 Å². The normalized spacial score (nSPS) is 12.4. The maximum Gasteiger partial charge on any atom is 0.238 e. The highest BCUT2D eigenvalue weighted by Gasteiger charge is 2.13. The van der Waals surface area contributed by atoms with Crippen molar-refractivity contribution in [2.24, 2.45) is 5.14 Å². The summed E-state index contributed by atoms with van der Waals surface area (Å²) in [6.07, 6.45) is 1.99. The van der Waals surface area contributed by atoms with E-state index < -0.39 is 16.1 Å². The van der Waals surface area contributed by atoms with Crippen molar-refractivity contribution in [1.82, 2.24) is 0 Å². The van der Waals surface area contributed by atoms with Crippen molar-refractivity contribution in [3.63, 3.8) is 0 Å². The second kappa shape index (κ2) is 6.83. The lowest BCUT2D eigenvalue weighted by molar-refractivity contribution is 0.598. The Labute approximate surface area is 134 Å². The number of nitrogens with one attached hydrogen (secondary N) is 1. The number of nitrogens with zero attached hydrogens (tertiary/aromatic N) is 1. The monoisotopic (exact) mass is 333 g/mol. The van der Waals surface area contributed by atoms with Crippen molar-refractivity contribution in [2.45, 2.75) is 15.8 Å². The Kier molecular flexibility index (Phi) is 5.08. The number of thioether (sulfide) groups is 1. The quantitative estimate of drug-likeness (QED) is 0.820. The van der Waals surface area contributed by atoms with E-state index in [1.807, 2.05) is 30.5 Å². The van der Waals surface area contributed by atoms with Gasteiger partial charge in [-0.25, -0.2) is 13.6 Å². The van der Waals surface area contributed by atoms with Gasteiger partial charge in [-0.05, 0) is 48.2 Å². The molecule has 3 N–H and O–H groups in total. The van der Waals surface area contributed by atoms with Crippen LogP contribution < -0.4 is 10.5 Å². The Morgan fingerprint density at radius 3 is 2.18 bits per heavy atom. The topological polar surface area (TPSA) is 96.0 Å². The molecule has 5 nitrogen and oxygen atoms in total. The van der Waals surface area contributed by atoms with Crippen LogP contribution in [0.2, 0.25) is 0 Å². The molecule has 0 saturated heterocycles. The summed E-state index contributed by atoms with van der Waals surface area (Å²) in [7, 11) is -3.72. The zero-order valence-electron chi connectivity index (χ0n) is 11.9. The molecule has 2 aromatic rings. The molecule has 0 bridgehead atoms. The third kappa shape index (κ3) is 4.01. The highest BCUT2D eigenvalue weighted by molar-refractivity contribution is 7.98. The first kappa shape index (κ1) is 16.4. The predicted molar refractivity (Wildman–Crippen MR) is 88.0 cm³/mol. The third-order valence-corrected chi connectivity index (χ3v) is 4.74. The fourth-order valence-electron chi connectivity index (χ4n) is 1.89. The Balaban J connectivity index is 2.19. The minimum Gasteiger partial charge on any atom is -0.366 e. The van der Waals surface area contributed by atoms with Crippen LogP contribution in [0.4, 0.5) is 5.69 Å². The molecule has 114 valence electrons. The van der Waals surface area contributed by atoms with E-state index in [9.17, 15) is 13.7 Å². The summed E-state index contributed by atoms with van der Waals surface area (Å²) >= 11 is 1.64. The molecule has 0 aliphatic heterocycles. The van der Waals surface area contributed by atoms with Crippen molar-refractivity contribution in [3.05, 3.63) is 54.1 Å². The Hall–Kier alpha value is -2.01. The molecular weight excluding hydrogens is 318 g/mol. The molecule has 0 amide bonds. The van der Waals surface area contributed by atoms with E-state index >= 15 is 0 Å². The van der Waals surface area contributed by atoms with E-state index in [-0.39, 0.29) is 4.90 Å². The van der Waals surface area contributed by atoms with Gasteiger partial charge in [0.1, 0.15) is 6.04 Å². The summed E-state index contributed by atoms with van der Waals surface area (Å²) in [4.78, 5) is 1.16. The van der Waals surface area contributed by atoms with E-state index in [1.165, 1.54) is 12.1 Å². The molecular formula is C15H15N3O2S2. The fourth-order valence-corrected chi connectivity index (χ4v) is 2.82. The summed E-state index contributed by atoms with van der Waals surface area (Å²) in [5.74, 6) is 0. The van der Waals surface area contributed by atoms with Gasteiger partial charge in [-0.15, -0.1) is 11.8 Å². The molecule has 0 fully saturated rings. The van der Waals surface area contributed by atoms with E-state index in [1.54, 1.807) is 23.9 Å². The molecule has 2 aromatic carbocycles. The van der Waals surface area contributed by atoms with Crippen molar-refractivity contribution >= 4 is 27.5 Å². The van der Waals surface area contributed by atoms with Crippen LogP contribution in [0.15, 0.2) is 58.3 Å². The lowest BCUT2D eigenvalue weighted by Crippen LogP contribution is -2.13. The average molecular weight is 333 g/mol. The van der Waals surface area contributed by atoms with Gasteiger partial charge in [-0.1, -0.05) is 12.1 Å². The first-order chi connectivity index (χ1) is 10.4. The number of benzene rings is 2. The third-order valence-electron chi connectivity index (χ3n) is 3.07. The molecule has 0 spiro atoms. The van der Waals surface area contributed by atoms with Crippen LogP contribution in [0.1, 0.15) is 11.6 Å². The highest BCUT2D eigenvalue weighted by Crippen LogP contribution is 2.23. The smallest absolute Gasteiger partial charge is 0.238 e. The molecule has 1 atom stereocenters. The summed E-state index contributed by atoms with van der Waals surface area (Å²) in [5.41, 5.74) is 1.49. The van der Waals surface area contributed by atoms with Crippen molar-refractivity contribution in [3.8, 4) is 6.07 Å². The summed E-state index contributed by atoms with van der Waals surface area (Å²) in [5, 5.41) is 17.5. The Morgan fingerprint density at radius 2 is 1.73 bits per heavy atom. The first-order valence-corrected chi connectivity index (χ1v) is 9.14. The first-order valence-electron chi connectivity index (χ1n) is 6.37. The van der Waals surface area contributed by atoms with Crippen LogP contribution >= 0.6 is 11.8 Å². The number of nitriles is 1. The van der Waals surface area contributed by atoms with Gasteiger partial charge >= 0.3 is 0 Å². The number of hydrogen-bond acceptors (Lipinski definition) is 5. The van der Waals surface area contributed by atoms with Gasteiger partial charge < -0.3 is 5.32 Å². The summed E-state index contributed by atoms with van der Waals surface area (Å²) in [6, 6.07) is 15.3. The minimum absolute atomic E-state index is 0.0252. The van der Waals surface area contributed by atoms with Gasteiger partial charge in [0.05, 0.1) is 11.0 Å². The summed E-state index contributed by atoms with van der Waals surface area (Å²) < 4.78 is 22.5. The van der Waals surface area contributed by atoms with Crippen LogP contribution in [0, 0.1) is 11.3 Å². The second-order valence-corrected chi connectivity index (χ2v) is 6.99. The van der Waals surface area contributed by atoms with Crippen LogP contribution in [0.25, 0.3) is 0 Å². The zero-order valence-corrected chi connectivity index (χ0v) is 13.5. The SMILES string of the molecule is CSc1ccc(NC(C#N)c2ccc(S(N)(=O)=O)cc2)cc1. The fraction of sp³-hybridized carbons (Fsp3) is 0.133. The molecule has 0 saturated carbocycles. The average Bonchev–Trinajstić information content (AvgIpc) is 2.52. The van der Waals surface area contributed by atoms with Gasteiger partial charge in [-0.3, -0.25) is 0 Å². The number of hydrogen-bond donors (Lipinski definition) is 2. The van der Waals surface area contributed by atoms with Crippen molar-refractivity contribution in [2.75, 3.05) is 11.6 Å². The van der Waals surface area contributed by atoms with E-state index in [2.05, 4.69) is 11.4 Å². The molecule has 22 heavy (non-hydrogen) atoms. The maximum absolute atomic E-state index is 11.2. The molecule has 0 aliphatic rings. The molecule has 0 radical (unpaired) electrons. The molecule has 2 rings (SSSR count). The summed E-state index contributed by atoms with van der Waals surface area (Å²) in [6.45, 7) is 0. The van der Waals surface area contributed by atoms with Gasteiger partial charge in [0.25, 0.3) is 0 Å². The van der Waals surface area contributed by atoms with Gasteiger partial charge in [0, 0.05) is 10.6 Å². The molecule has 1 unspecified atom stereocenters. The molecule has 0 aromatic heterocycles. The largest absolute Gasteiger partial charge is 0.366 e. The van der Waals surface area contributed by atoms with Crippen molar-refractivity contribution < 1.29 is 8.42 Å². The van der Waals surface area contributed by atoms with Crippen LogP contribution in [-0.4, -0.2) is 14.7 Å². The zero-order chi connectivity index (χ0) is 16.2. The predicted octanol–water partition coefficient (Wildman–Crippen LogP) is 2.73.